The Morgan fingerprint density at radius 1 is 1.47 bits per heavy atom. The number of nitrogens with one attached hydrogen (secondary N) is 1. The molecular weight excluding hydrogens is 306 g/mol. The van der Waals surface area contributed by atoms with Gasteiger partial charge in [-0.1, -0.05) is 6.07 Å². The third-order valence-corrected chi connectivity index (χ3v) is 4.09. The highest BCUT2D eigenvalue weighted by Gasteiger charge is 2.18. The molecule has 0 aliphatic carbocycles. The summed E-state index contributed by atoms with van der Waals surface area (Å²) < 4.78 is 0.909. The number of amides is 1. The van der Waals surface area contributed by atoms with Crippen molar-refractivity contribution >= 4 is 27.5 Å². The van der Waals surface area contributed by atoms with E-state index in [1.54, 1.807) is 0 Å². The highest BCUT2D eigenvalue weighted by atomic mass is 79.9. The quantitative estimate of drug-likeness (QED) is 0.894. The highest BCUT2D eigenvalue weighted by Crippen LogP contribution is 2.23. The second-order valence-electron chi connectivity index (χ2n) is 5.15. The van der Waals surface area contributed by atoms with Gasteiger partial charge in [0.25, 0.3) is 0 Å². The van der Waals surface area contributed by atoms with E-state index in [1.807, 2.05) is 25.1 Å². The number of rotatable bonds is 3. The largest absolute Gasteiger partial charge is 0.328 e. The summed E-state index contributed by atoms with van der Waals surface area (Å²) in [5.41, 5.74) is 7.81. The molecule has 5 heteroatoms. The van der Waals surface area contributed by atoms with E-state index in [1.165, 1.54) is 0 Å². The predicted molar refractivity (Wildman–Crippen MR) is 81.2 cm³/mol. The lowest BCUT2D eigenvalue weighted by atomic mass is 10.1. The maximum Gasteiger partial charge on any atom is 0.238 e. The van der Waals surface area contributed by atoms with E-state index in [0.29, 0.717) is 12.6 Å². The number of benzene rings is 1. The standard InChI is InChI=1S/C14H20BrN3O/c1-10-2-3-12(15)13(8-10)17-14(19)9-18-6-4-11(16)5-7-18/h2-3,8,11H,4-7,9,16H2,1H3,(H,17,19). The minimum absolute atomic E-state index is 0.0294. The Morgan fingerprint density at radius 3 is 2.84 bits per heavy atom. The number of likely N-dealkylation sites (tertiary alicyclic amines) is 1. The third kappa shape index (κ3) is 4.30. The average molecular weight is 326 g/mol. The SMILES string of the molecule is Cc1ccc(Br)c(NC(=O)CN2CCC(N)CC2)c1. The van der Waals surface area contributed by atoms with Gasteiger partial charge in [0.15, 0.2) is 0 Å². The van der Waals surface area contributed by atoms with Gasteiger partial charge in [0.05, 0.1) is 12.2 Å². The molecule has 0 atom stereocenters. The molecule has 0 spiro atoms. The normalized spacial score (nSPS) is 17.4. The van der Waals surface area contributed by atoms with Gasteiger partial charge < -0.3 is 11.1 Å². The van der Waals surface area contributed by atoms with Crippen LogP contribution in [0.15, 0.2) is 22.7 Å². The second kappa shape index (κ2) is 6.50. The number of nitrogens with zero attached hydrogens (tertiary/aromatic N) is 1. The minimum atomic E-state index is 0.0294. The van der Waals surface area contributed by atoms with E-state index in [-0.39, 0.29) is 5.91 Å². The molecule has 4 nitrogen and oxygen atoms in total. The molecule has 0 saturated carbocycles. The lowest BCUT2D eigenvalue weighted by Gasteiger charge is -2.29. The fourth-order valence-electron chi connectivity index (χ4n) is 2.24. The topological polar surface area (TPSA) is 58.4 Å². The van der Waals surface area contributed by atoms with Gasteiger partial charge in [0.1, 0.15) is 0 Å². The Labute approximate surface area is 122 Å². The third-order valence-electron chi connectivity index (χ3n) is 3.40. The summed E-state index contributed by atoms with van der Waals surface area (Å²) in [5.74, 6) is 0.0294. The van der Waals surface area contributed by atoms with Gasteiger partial charge in [-0.15, -0.1) is 0 Å². The number of aryl methyl sites for hydroxylation is 1. The summed E-state index contributed by atoms with van der Waals surface area (Å²) in [6.07, 6.45) is 1.95. The molecule has 2 rings (SSSR count). The van der Waals surface area contributed by atoms with Crippen LogP contribution < -0.4 is 11.1 Å². The van der Waals surface area contributed by atoms with Crippen LogP contribution in [-0.2, 0) is 4.79 Å². The lowest BCUT2D eigenvalue weighted by Crippen LogP contribution is -2.43. The predicted octanol–water partition coefficient (Wildman–Crippen LogP) is 2.12. The van der Waals surface area contributed by atoms with Crippen LogP contribution in [0, 0.1) is 6.92 Å². The number of carbonyl (C=O) groups is 1. The number of halogens is 1. The monoisotopic (exact) mass is 325 g/mol. The van der Waals surface area contributed by atoms with Crippen molar-refractivity contribution in [2.75, 3.05) is 25.0 Å². The molecule has 0 unspecified atom stereocenters. The van der Waals surface area contributed by atoms with Crippen LogP contribution in [0.25, 0.3) is 0 Å². The zero-order valence-corrected chi connectivity index (χ0v) is 12.7. The Hall–Kier alpha value is -0.910. The molecular formula is C14H20BrN3O. The zero-order valence-electron chi connectivity index (χ0n) is 11.2. The van der Waals surface area contributed by atoms with E-state index < -0.39 is 0 Å². The average Bonchev–Trinajstić information content (AvgIpc) is 2.37. The Balaban J connectivity index is 1.89. The maximum absolute atomic E-state index is 12.0. The van der Waals surface area contributed by atoms with E-state index in [9.17, 15) is 4.79 Å². The zero-order chi connectivity index (χ0) is 13.8. The second-order valence-corrected chi connectivity index (χ2v) is 6.00. The van der Waals surface area contributed by atoms with E-state index in [2.05, 4.69) is 26.1 Å². The number of carbonyl (C=O) groups excluding carboxylic acids is 1. The highest BCUT2D eigenvalue weighted by molar-refractivity contribution is 9.10. The molecule has 19 heavy (non-hydrogen) atoms. The van der Waals surface area contributed by atoms with Crippen molar-refractivity contribution in [3.8, 4) is 0 Å². The van der Waals surface area contributed by atoms with Gasteiger partial charge in [0, 0.05) is 23.6 Å². The molecule has 104 valence electrons. The van der Waals surface area contributed by atoms with Crippen LogP contribution in [0.4, 0.5) is 5.69 Å². The molecule has 1 saturated heterocycles. The van der Waals surface area contributed by atoms with E-state index in [4.69, 9.17) is 5.73 Å². The molecule has 1 aliphatic heterocycles. The van der Waals surface area contributed by atoms with Gasteiger partial charge in [-0.05, 0) is 53.4 Å². The van der Waals surface area contributed by atoms with Crippen molar-refractivity contribution < 1.29 is 4.79 Å². The number of hydrogen-bond acceptors (Lipinski definition) is 3. The Morgan fingerprint density at radius 2 is 2.16 bits per heavy atom. The van der Waals surface area contributed by atoms with Crippen molar-refractivity contribution in [2.24, 2.45) is 5.73 Å². The van der Waals surface area contributed by atoms with Crippen molar-refractivity contribution in [3.05, 3.63) is 28.2 Å². The van der Waals surface area contributed by atoms with Crippen LogP contribution in [0.1, 0.15) is 18.4 Å². The summed E-state index contributed by atoms with van der Waals surface area (Å²) in [7, 11) is 0. The van der Waals surface area contributed by atoms with Gasteiger partial charge in [-0.25, -0.2) is 0 Å². The molecule has 1 heterocycles. The first-order valence-electron chi connectivity index (χ1n) is 6.58. The summed E-state index contributed by atoms with van der Waals surface area (Å²) in [5, 5.41) is 2.95. The number of piperidine rings is 1. The van der Waals surface area contributed by atoms with Crippen LogP contribution in [0.2, 0.25) is 0 Å². The summed E-state index contributed by atoms with van der Waals surface area (Å²) in [6, 6.07) is 6.22. The van der Waals surface area contributed by atoms with E-state index >= 15 is 0 Å². The smallest absolute Gasteiger partial charge is 0.238 e. The molecule has 1 aliphatic rings. The molecule has 1 aromatic rings. The molecule has 0 aromatic heterocycles. The molecule has 0 bridgehead atoms. The minimum Gasteiger partial charge on any atom is -0.328 e. The number of nitrogens with two attached hydrogens (primary N) is 1. The van der Waals surface area contributed by atoms with E-state index in [0.717, 1.165) is 41.7 Å². The first kappa shape index (κ1) is 14.5. The van der Waals surface area contributed by atoms with Gasteiger partial charge in [-0.3, -0.25) is 9.69 Å². The van der Waals surface area contributed by atoms with Crippen LogP contribution >= 0.6 is 15.9 Å². The van der Waals surface area contributed by atoms with Crippen molar-refractivity contribution in [3.63, 3.8) is 0 Å². The number of anilines is 1. The first-order valence-corrected chi connectivity index (χ1v) is 7.38. The molecule has 3 N–H and O–H groups in total. The van der Waals surface area contributed by atoms with Crippen molar-refractivity contribution in [1.82, 2.24) is 4.90 Å². The van der Waals surface area contributed by atoms with Crippen molar-refractivity contribution in [2.45, 2.75) is 25.8 Å². The number of hydrogen-bond donors (Lipinski definition) is 2. The van der Waals surface area contributed by atoms with Gasteiger partial charge >= 0.3 is 0 Å². The Bertz CT molecular complexity index is 456. The van der Waals surface area contributed by atoms with Crippen LogP contribution in [-0.4, -0.2) is 36.5 Å². The van der Waals surface area contributed by atoms with Crippen LogP contribution in [0.3, 0.4) is 0 Å². The lowest BCUT2D eigenvalue weighted by molar-refractivity contribution is -0.117. The van der Waals surface area contributed by atoms with Gasteiger partial charge in [0.2, 0.25) is 5.91 Å². The van der Waals surface area contributed by atoms with Gasteiger partial charge in [-0.2, -0.15) is 0 Å². The van der Waals surface area contributed by atoms with Crippen molar-refractivity contribution in [1.29, 1.82) is 0 Å². The molecule has 1 amide bonds. The van der Waals surface area contributed by atoms with Crippen LogP contribution in [0.5, 0.6) is 0 Å². The summed E-state index contributed by atoms with van der Waals surface area (Å²) in [4.78, 5) is 14.2. The fraction of sp³-hybridized carbons (Fsp3) is 0.500. The summed E-state index contributed by atoms with van der Waals surface area (Å²) >= 11 is 3.45. The molecule has 1 fully saturated rings. The Kier molecular flexibility index (Phi) is 4.96. The first-order chi connectivity index (χ1) is 9.04. The molecule has 0 radical (unpaired) electrons. The molecule has 1 aromatic carbocycles. The fourth-order valence-corrected chi connectivity index (χ4v) is 2.58. The summed E-state index contributed by atoms with van der Waals surface area (Å²) in [6.45, 7) is 4.26. The maximum atomic E-state index is 12.0.